The maximum Gasteiger partial charge on any atom is 0.337 e. The van der Waals surface area contributed by atoms with E-state index in [1.165, 1.54) is 7.11 Å². The molecule has 0 atom stereocenters. The third-order valence-corrected chi connectivity index (χ3v) is 2.64. The summed E-state index contributed by atoms with van der Waals surface area (Å²) in [5, 5.41) is 0. The van der Waals surface area contributed by atoms with Gasteiger partial charge < -0.3 is 4.74 Å². The largest absolute Gasteiger partial charge is 0.465 e. The summed E-state index contributed by atoms with van der Waals surface area (Å²) in [5.41, 5.74) is 2.52. The summed E-state index contributed by atoms with van der Waals surface area (Å²) in [7, 11) is 1.38. The van der Waals surface area contributed by atoms with E-state index < -0.39 is 0 Å². The predicted molar refractivity (Wildman–Crippen MR) is 59.0 cm³/mol. The molecule has 0 unspecified atom stereocenters. The first-order chi connectivity index (χ1) is 7.04. The molecule has 2 rings (SSSR count). The van der Waals surface area contributed by atoms with Gasteiger partial charge in [0.25, 0.3) is 0 Å². The van der Waals surface area contributed by atoms with E-state index in [4.69, 9.17) is 0 Å². The van der Waals surface area contributed by atoms with E-state index in [0.717, 1.165) is 11.3 Å². The minimum atomic E-state index is -0.322. The first kappa shape index (κ1) is 9.90. The molecule has 0 N–H and O–H groups in total. The van der Waals surface area contributed by atoms with Crippen molar-refractivity contribution in [1.29, 1.82) is 0 Å². The fourth-order valence-corrected chi connectivity index (χ4v) is 1.73. The summed E-state index contributed by atoms with van der Waals surface area (Å²) >= 11 is 0. The smallest absolute Gasteiger partial charge is 0.337 e. The lowest BCUT2D eigenvalue weighted by molar-refractivity contribution is 0.0601. The van der Waals surface area contributed by atoms with Crippen LogP contribution < -0.4 is 0 Å². The molecule has 1 aliphatic rings. The highest BCUT2D eigenvalue weighted by molar-refractivity contribution is 5.93. The van der Waals surface area contributed by atoms with E-state index in [-0.39, 0.29) is 11.4 Å². The highest BCUT2D eigenvalue weighted by Crippen LogP contribution is 2.36. The summed E-state index contributed by atoms with van der Waals surface area (Å²) in [6.45, 7) is 4.19. The zero-order valence-electron chi connectivity index (χ0n) is 9.07. The Labute approximate surface area is 88.8 Å². The highest BCUT2D eigenvalue weighted by atomic mass is 16.5. The Morgan fingerprint density at radius 2 is 2.13 bits per heavy atom. The van der Waals surface area contributed by atoms with Gasteiger partial charge in [-0.1, -0.05) is 19.9 Å². The molecule has 15 heavy (non-hydrogen) atoms. The van der Waals surface area contributed by atoms with Gasteiger partial charge in [0.2, 0.25) is 0 Å². The van der Waals surface area contributed by atoms with Crippen LogP contribution in [0.3, 0.4) is 0 Å². The molecule has 0 bridgehead atoms. The molecule has 1 aromatic carbocycles. The van der Waals surface area contributed by atoms with E-state index in [0.29, 0.717) is 5.56 Å². The Hall–Kier alpha value is -1.64. The Morgan fingerprint density at radius 1 is 1.40 bits per heavy atom. The molecular weight excluding hydrogens is 190 g/mol. The van der Waals surface area contributed by atoms with Crippen LogP contribution in [-0.2, 0) is 10.2 Å². The van der Waals surface area contributed by atoms with E-state index >= 15 is 0 Å². The van der Waals surface area contributed by atoms with Crippen LogP contribution in [-0.4, -0.2) is 19.3 Å². The third kappa shape index (κ3) is 1.54. The predicted octanol–water partition coefficient (Wildman–Crippen LogP) is 2.47. The number of hydrogen-bond donors (Lipinski definition) is 0. The number of aliphatic imine (C=N–C) groups is 1. The second kappa shape index (κ2) is 3.19. The van der Waals surface area contributed by atoms with Crippen molar-refractivity contribution in [3.63, 3.8) is 0 Å². The summed E-state index contributed by atoms with van der Waals surface area (Å²) in [6, 6.07) is 5.49. The Morgan fingerprint density at radius 3 is 2.80 bits per heavy atom. The van der Waals surface area contributed by atoms with Gasteiger partial charge >= 0.3 is 5.97 Å². The SMILES string of the molecule is COC(=O)c1ccc2c(c1)N=CC2(C)C. The zero-order valence-corrected chi connectivity index (χ0v) is 9.07. The van der Waals surface area contributed by atoms with Gasteiger partial charge in [-0.05, 0) is 17.7 Å². The molecule has 1 aromatic rings. The molecule has 0 aliphatic carbocycles. The molecule has 0 saturated carbocycles. The van der Waals surface area contributed by atoms with Crippen molar-refractivity contribution < 1.29 is 9.53 Å². The lowest BCUT2D eigenvalue weighted by Crippen LogP contribution is -2.14. The topological polar surface area (TPSA) is 38.7 Å². The second-order valence-corrected chi connectivity index (χ2v) is 4.20. The number of benzene rings is 1. The number of methoxy groups -OCH3 is 1. The third-order valence-electron chi connectivity index (χ3n) is 2.64. The van der Waals surface area contributed by atoms with Crippen molar-refractivity contribution >= 4 is 17.9 Å². The van der Waals surface area contributed by atoms with Gasteiger partial charge in [-0.3, -0.25) is 4.99 Å². The highest BCUT2D eigenvalue weighted by Gasteiger charge is 2.26. The number of carbonyl (C=O) groups is 1. The van der Waals surface area contributed by atoms with Crippen LogP contribution in [0, 0.1) is 0 Å². The van der Waals surface area contributed by atoms with E-state index in [2.05, 4.69) is 23.6 Å². The Bertz CT molecular complexity index is 447. The number of carbonyl (C=O) groups excluding carboxylic acids is 1. The number of esters is 1. The lowest BCUT2D eigenvalue weighted by atomic mass is 9.87. The summed E-state index contributed by atoms with van der Waals surface area (Å²) in [5.74, 6) is -0.322. The fourth-order valence-electron chi connectivity index (χ4n) is 1.73. The van der Waals surface area contributed by atoms with Crippen molar-refractivity contribution in [2.24, 2.45) is 4.99 Å². The summed E-state index contributed by atoms with van der Waals surface area (Å²) < 4.78 is 4.66. The van der Waals surface area contributed by atoms with Crippen molar-refractivity contribution in [3.8, 4) is 0 Å². The van der Waals surface area contributed by atoms with Crippen molar-refractivity contribution in [2.45, 2.75) is 19.3 Å². The number of ether oxygens (including phenoxy) is 1. The standard InChI is InChI=1S/C12H13NO2/c1-12(2)7-13-10-6-8(11(14)15-3)4-5-9(10)12/h4-7H,1-3H3. The van der Waals surface area contributed by atoms with Crippen LogP contribution in [0.1, 0.15) is 29.8 Å². The monoisotopic (exact) mass is 203 g/mol. The molecular formula is C12H13NO2. The molecule has 1 heterocycles. The van der Waals surface area contributed by atoms with Crippen LogP contribution in [0.4, 0.5) is 5.69 Å². The van der Waals surface area contributed by atoms with Crippen molar-refractivity contribution in [2.75, 3.05) is 7.11 Å². The molecule has 0 spiro atoms. The molecule has 3 heteroatoms. The minimum Gasteiger partial charge on any atom is -0.465 e. The van der Waals surface area contributed by atoms with Crippen LogP contribution in [0.15, 0.2) is 23.2 Å². The van der Waals surface area contributed by atoms with Gasteiger partial charge in [-0.25, -0.2) is 4.79 Å². The van der Waals surface area contributed by atoms with Crippen LogP contribution in [0.2, 0.25) is 0 Å². The first-order valence-corrected chi connectivity index (χ1v) is 4.83. The summed E-state index contributed by atoms with van der Waals surface area (Å²) in [6.07, 6.45) is 1.90. The molecule has 0 fully saturated rings. The Balaban J connectivity index is 2.46. The average molecular weight is 203 g/mol. The number of fused-ring (bicyclic) bond motifs is 1. The van der Waals surface area contributed by atoms with Crippen molar-refractivity contribution in [3.05, 3.63) is 29.3 Å². The van der Waals surface area contributed by atoms with Crippen LogP contribution in [0.5, 0.6) is 0 Å². The van der Waals surface area contributed by atoms with Crippen LogP contribution >= 0.6 is 0 Å². The van der Waals surface area contributed by atoms with Gasteiger partial charge in [0, 0.05) is 11.6 Å². The quantitative estimate of drug-likeness (QED) is 0.657. The molecule has 3 nitrogen and oxygen atoms in total. The maximum absolute atomic E-state index is 11.3. The fraction of sp³-hybridized carbons (Fsp3) is 0.333. The van der Waals surface area contributed by atoms with Gasteiger partial charge in [0.15, 0.2) is 0 Å². The molecule has 0 radical (unpaired) electrons. The van der Waals surface area contributed by atoms with E-state index in [9.17, 15) is 4.79 Å². The first-order valence-electron chi connectivity index (χ1n) is 4.83. The molecule has 0 saturated heterocycles. The molecule has 1 aliphatic heterocycles. The van der Waals surface area contributed by atoms with Crippen LogP contribution in [0.25, 0.3) is 0 Å². The maximum atomic E-state index is 11.3. The lowest BCUT2D eigenvalue weighted by Gasteiger charge is -2.15. The van der Waals surface area contributed by atoms with E-state index in [1.54, 1.807) is 12.1 Å². The molecule has 0 aromatic heterocycles. The normalized spacial score (nSPS) is 16.2. The average Bonchev–Trinajstić information content (AvgIpc) is 2.53. The van der Waals surface area contributed by atoms with Gasteiger partial charge in [0.05, 0.1) is 18.4 Å². The van der Waals surface area contributed by atoms with Gasteiger partial charge in [0.1, 0.15) is 0 Å². The summed E-state index contributed by atoms with van der Waals surface area (Å²) in [4.78, 5) is 15.6. The molecule has 78 valence electrons. The zero-order chi connectivity index (χ0) is 11.1. The number of rotatable bonds is 1. The van der Waals surface area contributed by atoms with Gasteiger partial charge in [-0.2, -0.15) is 0 Å². The van der Waals surface area contributed by atoms with Crippen molar-refractivity contribution in [1.82, 2.24) is 0 Å². The number of nitrogens with zero attached hydrogens (tertiary/aromatic N) is 1. The molecule has 0 amide bonds. The minimum absolute atomic E-state index is 0.0377. The van der Waals surface area contributed by atoms with Gasteiger partial charge in [-0.15, -0.1) is 0 Å². The number of hydrogen-bond acceptors (Lipinski definition) is 3. The Kier molecular flexibility index (Phi) is 2.11. The second-order valence-electron chi connectivity index (χ2n) is 4.20. The van der Waals surface area contributed by atoms with E-state index in [1.807, 2.05) is 12.3 Å².